The molecule has 0 unspecified atom stereocenters. The molecule has 6 nitrogen and oxygen atoms in total. The lowest BCUT2D eigenvalue weighted by Gasteiger charge is -2.43. The zero-order chi connectivity index (χ0) is 21.6. The molecule has 1 saturated heterocycles. The number of nitrogens with one attached hydrogen (secondary N) is 1. The van der Waals surface area contributed by atoms with Crippen molar-refractivity contribution in [2.45, 2.75) is 65.1 Å². The number of amides is 2. The first-order chi connectivity index (χ1) is 13.6. The van der Waals surface area contributed by atoms with Crippen molar-refractivity contribution in [2.24, 2.45) is 5.92 Å². The number of hydrogen-bond donors (Lipinski definition) is 1. The number of ether oxygens (including phenoxy) is 1. The van der Waals surface area contributed by atoms with Gasteiger partial charge in [0.25, 0.3) is 0 Å². The van der Waals surface area contributed by atoms with Gasteiger partial charge in [-0.1, -0.05) is 44.2 Å². The second-order valence-corrected chi connectivity index (χ2v) is 9.27. The van der Waals surface area contributed by atoms with Crippen molar-refractivity contribution in [3.63, 3.8) is 0 Å². The zero-order valence-corrected chi connectivity index (χ0v) is 18.8. The van der Waals surface area contributed by atoms with Gasteiger partial charge in [0.15, 0.2) is 0 Å². The summed E-state index contributed by atoms with van der Waals surface area (Å²) in [6.45, 7) is 11.5. The highest BCUT2D eigenvalue weighted by molar-refractivity contribution is 5.83. The molecule has 0 saturated carbocycles. The molecule has 1 fully saturated rings. The molecule has 0 bridgehead atoms. The Kier molecular flexibility index (Phi) is 8.08. The van der Waals surface area contributed by atoms with Crippen molar-refractivity contribution >= 4 is 12.0 Å². The number of likely N-dealkylation sites (N-methyl/N-ethyl adjacent to an activating group) is 1. The van der Waals surface area contributed by atoms with Crippen LogP contribution in [-0.4, -0.2) is 66.2 Å². The Morgan fingerprint density at radius 3 is 2.38 bits per heavy atom. The molecule has 6 heteroatoms. The molecule has 1 aliphatic heterocycles. The molecule has 1 N–H and O–H groups in total. The van der Waals surface area contributed by atoms with Crippen LogP contribution in [0.5, 0.6) is 0 Å². The molecule has 29 heavy (non-hydrogen) atoms. The molecule has 1 aromatic rings. The Labute approximate surface area is 175 Å². The van der Waals surface area contributed by atoms with Crippen LogP contribution in [-0.2, 0) is 16.0 Å². The summed E-state index contributed by atoms with van der Waals surface area (Å²) in [5, 5.41) is 3.19. The summed E-state index contributed by atoms with van der Waals surface area (Å²) in [7, 11) is 1.83. The number of rotatable bonds is 6. The van der Waals surface area contributed by atoms with Gasteiger partial charge in [0.2, 0.25) is 5.91 Å². The SMILES string of the molecule is CN[C@@H](Cc1ccccc1)C(=O)N1CCN(C(=O)OC(C)(C)C)C[C@@H]1CC(C)C. The van der Waals surface area contributed by atoms with Crippen molar-refractivity contribution < 1.29 is 14.3 Å². The lowest BCUT2D eigenvalue weighted by molar-refractivity contribution is -0.138. The third-order valence-electron chi connectivity index (χ3n) is 5.09. The van der Waals surface area contributed by atoms with Crippen LogP contribution in [0.25, 0.3) is 0 Å². The fraction of sp³-hybridized carbons (Fsp3) is 0.652. The van der Waals surface area contributed by atoms with Gasteiger partial charge in [0.1, 0.15) is 5.60 Å². The predicted octanol–water partition coefficient (Wildman–Crippen LogP) is 3.31. The topological polar surface area (TPSA) is 61.9 Å². The number of benzene rings is 1. The summed E-state index contributed by atoms with van der Waals surface area (Å²) in [4.78, 5) is 29.6. The van der Waals surface area contributed by atoms with Gasteiger partial charge in [-0.2, -0.15) is 0 Å². The van der Waals surface area contributed by atoms with Gasteiger partial charge < -0.3 is 19.9 Å². The van der Waals surface area contributed by atoms with Gasteiger partial charge >= 0.3 is 6.09 Å². The Bertz CT molecular complexity index is 670. The second-order valence-electron chi connectivity index (χ2n) is 9.27. The Morgan fingerprint density at radius 1 is 1.17 bits per heavy atom. The maximum absolute atomic E-state index is 13.4. The van der Waals surface area contributed by atoms with Gasteiger partial charge in [-0.3, -0.25) is 4.79 Å². The summed E-state index contributed by atoms with van der Waals surface area (Å²) in [6, 6.07) is 9.78. The first-order valence-electron chi connectivity index (χ1n) is 10.6. The molecule has 1 aliphatic rings. The Balaban J connectivity index is 2.11. The van der Waals surface area contributed by atoms with Crippen LogP contribution in [0.15, 0.2) is 30.3 Å². The maximum Gasteiger partial charge on any atom is 0.410 e. The van der Waals surface area contributed by atoms with E-state index < -0.39 is 5.60 Å². The Morgan fingerprint density at radius 2 is 1.83 bits per heavy atom. The van der Waals surface area contributed by atoms with Gasteiger partial charge in [0, 0.05) is 25.7 Å². The number of piperazine rings is 1. The molecule has 2 atom stereocenters. The molecule has 1 heterocycles. The molecule has 0 aliphatic carbocycles. The molecule has 0 radical (unpaired) electrons. The minimum atomic E-state index is -0.523. The predicted molar refractivity (Wildman–Crippen MR) is 116 cm³/mol. The second kappa shape index (κ2) is 10.1. The number of carbonyl (C=O) groups excluding carboxylic acids is 2. The van der Waals surface area contributed by atoms with Crippen LogP contribution >= 0.6 is 0 Å². The van der Waals surface area contributed by atoms with Crippen LogP contribution in [0, 0.1) is 5.92 Å². The first-order valence-corrected chi connectivity index (χ1v) is 10.6. The van der Waals surface area contributed by atoms with Gasteiger partial charge in [-0.15, -0.1) is 0 Å². The van der Waals surface area contributed by atoms with Crippen molar-refractivity contribution in [1.29, 1.82) is 0 Å². The van der Waals surface area contributed by atoms with Crippen LogP contribution < -0.4 is 5.32 Å². The van der Waals surface area contributed by atoms with E-state index in [4.69, 9.17) is 4.74 Å². The van der Waals surface area contributed by atoms with E-state index in [-0.39, 0.29) is 24.1 Å². The van der Waals surface area contributed by atoms with E-state index in [9.17, 15) is 9.59 Å². The normalized spacial score (nSPS) is 18.7. The minimum absolute atomic E-state index is 0.00427. The highest BCUT2D eigenvalue weighted by Gasteiger charge is 2.36. The molecule has 162 valence electrons. The van der Waals surface area contributed by atoms with Gasteiger partial charge in [0.05, 0.1) is 6.04 Å². The Hall–Kier alpha value is -2.08. The van der Waals surface area contributed by atoms with E-state index in [0.29, 0.717) is 32.0 Å². The third-order valence-corrected chi connectivity index (χ3v) is 5.09. The fourth-order valence-corrected chi connectivity index (χ4v) is 3.75. The molecule has 1 aromatic carbocycles. The highest BCUT2D eigenvalue weighted by atomic mass is 16.6. The third kappa shape index (κ3) is 7.03. The first kappa shape index (κ1) is 23.2. The van der Waals surface area contributed by atoms with E-state index in [1.807, 2.05) is 63.1 Å². The van der Waals surface area contributed by atoms with E-state index in [2.05, 4.69) is 19.2 Å². The summed E-state index contributed by atoms with van der Waals surface area (Å²) in [5.41, 5.74) is 0.609. The molecular weight excluding hydrogens is 366 g/mol. The number of hydrogen-bond acceptors (Lipinski definition) is 4. The lowest BCUT2D eigenvalue weighted by atomic mass is 9.98. The summed E-state index contributed by atoms with van der Waals surface area (Å²) >= 11 is 0. The molecule has 2 rings (SSSR count). The molecule has 0 spiro atoms. The maximum atomic E-state index is 13.4. The smallest absolute Gasteiger partial charge is 0.410 e. The van der Waals surface area contributed by atoms with E-state index >= 15 is 0 Å². The summed E-state index contributed by atoms with van der Waals surface area (Å²) < 4.78 is 5.55. The van der Waals surface area contributed by atoms with E-state index in [1.165, 1.54) is 0 Å². The van der Waals surface area contributed by atoms with Gasteiger partial charge in [-0.25, -0.2) is 4.79 Å². The average molecular weight is 404 g/mol. The lowest BCUT2D eigenvalue weighted by Crippen LogP contribution is -2.60. The minimum Gasteiger partial charge on any atom is -0.444 e. The quantitative estimate of drug-likeness (QED) is 0.792. The number of nitrogens with zero attached hydrogens (tertiary/aromatic N) is 2. The zero-order valence-electron chi connectivity index (χ0n) is 18.8. The summed E-state index contributed by atoms with van der Waals surface area (Å²) in [5.74, 6) is 0.530. The highest BCUT2D eigenvalue weighted by Crippen LogP contribution is 2.21. The standard InChI is InChI=1S/C23H37N3O3/c1-17(2)14-19-16-25(22(28)29-23(3,4)5)12-13-26(19)21(27)20(24-6)15-18-10-8-7-9-11-18/h7-11,17,19-20,24H,12-16H2,1-6H3/t19-,20-/m0/s1. The molecule has 2 amide bonds. The monoisotopic (exact) mass is 403 g/mol. The van der Waals surface area contributed by atoms with E-state index in [1.54, 1.807) is 4.90 Å². The molecule has 0 aromatic heterocycles. The van der Waals surface area contributed by atoms with Crippen LogP contribution in [0.4, 0.5) is 4.79 Å². The number of carbonyl (C=O) groups is 2. The van der Waals surface area contributed by atoms with Crippen LogP contribution in [0.1, 0.15) is 46.6 Å². The van der Waals surface area contributed by atoms with Crippen molar-refractivity contribution in [3.05, 3.63) is 35.9 Å². The van der Waals surface area contributed by atoms with Crippen LogP contribution in [0.3, 0.4) is 0 Å². The van der Waals surface area contributed by atoms with Gasteiger partial charge in [-0.05, 0) is 52.1 Å². The summed E-state index contributed by atoms with van der Waals surface area (Å²) in [6.07, 6.45) is 1.21. The van der Waals surface area contributed by atoms with Crippen molar-refractivity contribution in [3.8, 4) is 0 Å². The fourth-order valence-electron chi connectivity index (χ4n) is 3.75. The van der Waals surface area contributed by atoms with E-state index in [0.717, 1.165) is 12.0 Å². The molecular formula is C23H37N3O3. The van der Waals surface area contributed by atoms with Crippen LogP contribution in [0.2, 0.25) is 0 Å². The average Bonchev–Trinajstić information content (AvgIpc) is 2.64. The van der Waals surface area contributed by atoms with Crippen molar-refractivity contribution in [1.82, 2.24) is 15.1 Å². The largest absolute Gasteiger partial charge is 0.444 e. The van der Waals surface area contributed by atoms with Crippen molar-refractivity contribution in [2.75, 3.05) is 26.7 Å².